The standard InChI is InChI=1S/C11H15NOS/c1-8(2)9-5-3-4-6-10(9)13-7-11(12)14/h3-6,8H,7H2,1-2H3,(H2,12,14). The molecule has 0 fully saturated rings. The second kappa shape index (κ2) is 4.96. The lowest BCUT2D eigenvalue weighted by atomic mass is 10.0. The van der Waals surface area contributed by atoms with Gasteiger partial charge in [-0.3, -0.25) is 0 Å². The summed E-state index contributed by atoms with van der Waals surface area (Å²) in [4.78, 5) is 0.378. The van der Waals surface area contributed by atoms with Crippen LogP contribution in [0.1, 0.15) is 25.3 Å². The van der Waals surface area contributed by atoms with Crippen molar-refractivity contribution in [2.45, 2.75) is 19.8 Å². The molecule has 0 atom stereocenters. The van der Waals surface area contributed by atoms with E-state index in [1.807, 2.05) is 18.2 Å². The van der Waals surface area contributed by atoms with Gasteiger partial charge in [0.2, 0.25) is 0 Å². The van der Waals surface area contributed by atoms with E-state index < -0.39 is 0 Å². The minimum absolute atomic E-state index is 0.305. The van der Waals surface area contributed by atoms with Crippen LogP contribution in [0.5, 0.6) is 5.75 Å². The van der Waals surface area contributed by atoms with Crippen LogP contribution in [-0.4, -0.2) is 11.6 Å². The summed E-state index contributed by atoms with van der Waals surface area (Å²) in [6, 6.07) is 7.94. The Labute approximate surface area is 90.1 Å². The molecule has 14 heavy (non-hydrogen) atoms. The highest BCUT2D eigenvalue weighted by Crippen LogP contribution is 2.25. The molecule has 1 aromatic carbocycles. The van der Waals surface area contributed by atoms with E-state index in [9.17, 15) is 0 Å². The van der Waals surface area contributed by atoms with Gasteiger partial charge in [-0.05, 0) is 17.5 Å². The first-order valence-electron chi connectivity index (χ1n) is 4.61. The summed E-state index contributed by atoms with van der Waals surface area (Å²) in [6.45, 7) is 4.56. The Bertz CT molecular complexity index is 323. The molecule has 0 spiro atoms. The predicted octanol–water partition coefficient (Wildman–Crippen LogP) is 2.47. The number of rotatable bonds is 4. The Hall–Kier alpha value is -1.09. The summed E-state index contributed by atoms with van der Waals surface area (Å²) in [6.07, 6.45) is 0. The zero-order valence-electron chi connectivity index (χ0n) is 8.49. The molecule has 0 aromatic heterocycles. The van der Waals surface area contributed by atoms with Crippen LogP contribution in [0.15, 0.2) is 24.3 Å². The van der Waals surface area contributed by atoms with Gasteiger partial charge in [0, 0.05) is 0 Å². The molecule has 76 valence electrons. The average Bonchev–Trinajstić information content (AvgIpc) is 2.15. The quantitative estimate of drug-likeness (QED) is 0.774. The fourth-order valence-corrected chi connectivity index (χ4v) is 1.30. The predicted molar refractivity (Wildman–Crippen MR) is 62.8 cm³/mol. The Kier molecular flexibility index (Phi) is 3.89. The van der Waals surface area contributed by atoms with Crippen LogP contribution in [0, 0.1) is 0 Å². The van der Waals surface area contributed by atoms with Crippen LogP contribution in [0.4, 0.5) is 0 Å². The van der Waals surface area contributed by atoms with E-state index in [0.29, 0.717) is 17.5 Å². The molecule has 0 heterocycles. The Balaban J connectivity index is 2.79. The van der Waals surface area contributed by atoms with Crippen molar-refractivity contribution >= 4 is 17.2 Å². The molecule has 0 unspecified atom stereocenters. The van der Waals surface area contributed by atoms with Crippen LogP contribution >= 0.6 is 12.2 Å². The van der Waals surface area contributed by atoms with E-state index in [2.05, 4.69) is 19.9 Å². The smallest absolute Gasteiger partial charge is 0.138 e. The lowest BCUT2D eigenvalue weighted by Gasteiger charge is -2.12. The van der Waals surface area contributed by atoms with Crippen LogP contribution in [0.2, 0.25) is 0 Å². The van der Waals surface area contributed by atoms with Gasteiger partial charge in [-0.25, -0.2) is 0 Å². The SMILES string of the molecule is CC(C)c1ccccc1OCC(N)=S. The molecule has 2 nitrogen and oxygen atoms in total. The molecule has 0 bridgehead atoms. The molecule has 1 rings (SSSR count). The Morgan fingerprint density at radius 1 is 1.43 bits per heavy atom. The van der Waals surface area contributed by atoms with Crippen LogP contribution in [0.25, 0.3) is 0 Å². The molecule has 0 aliphatic carbocycles. The lowest BCUT2D eigenvalue weighted by Crippen LogP contribution is -2.18. The number of ether oxygens (including phenoxy) is 1. The second-order valence-electron chi connectivity index (χ2n) is 3.45. The lowest BCUT2D eigenvalue weighted by molar-refractivity contribution is 0.371. The van der Waals surface area contributed by atoms with E-state index in [1.54, 1.807) is 0 Å². The molecule has 3 heteroatoms. The monoisotopic (exact) mass is 209 g/mol. The summed E-state index contributed by atoms with van der Waals surface area (Å²) in [5.41, 5.74) is 6.56. The average molecular weight is 209 g/mol. The Morgan fingerprint density at radius 3 is 2.64 bits per heavy atom. The van der Waals surface area contributed by atoms with Gasteiger partial charge in [0.15, 0.2) is 0 Å². The maximum Gasteiger partial charge on any atom is 0.138 e. The Morgan fingerprint density at radius 2 is 2.07 bits per heavy atom. The highest BCUT2D eigenvalue weighted by Gasteiger charge is 2.06. The molecular formula is C11H15NOS. The van der Waals surface area contributed by atoms with Crippen LogP contribution in [0.3, 0.4) is 0 Å². The zero-order chi connectivity index (χ0) is 10.6. The van der Waals surface area contributed by atoms with Gasteiger partial charge in [0.05, 0.1) is 0 Å². The minimum atomic E-state index is 0.305. The zero-order valence-corrected chi connectivity index (χ0v) is 9.30. The molecular weight excluding hydrogens is 194 g/mol. The van der Waals surface area contributed by atoms with E-state index in [1.165, 1.54) is 5.56 Å². The molecule has 0 saturated heterocycles. The van der Waals surface area contributed by atoms with Crippen molar-refractivity contribution in [3.05, 3.63) is 29.8 Å². The van der Waals surface area contributed by atoms with E-state index >= 15 is 0 Å². The largest absolute Gasteiger partial charge is 0.486 e. The molecule has 0 aliphatic rings. The van der Waals surface area contributed by atoms with Crippen molar-refractivity contribution in [3.63, 3.8) is 0 Å². The van der Waals surface area contributed by atoms with Gasteiger partial charge >= 0.3 is 0 Å². The fraction of sp³-hybridized carbons (Fsp3) is 0.364. The normalized spacial score (nSPS) is 10.2. The van der Waals surface area contributed by atoms with E-state index in [-0.39, 0.29) is 0 Å². The van der Waals surface area contributed by atoms with Crippen molar-refractivity contribution < 1.29 is 4.74 Å². The van der Waals surface area contributed by atoms with Gasteiger partial charge in [-0.1, -0.05) is 44.3 Å². The second-order valence-corrected chi connectivity index (χ2v) is 3.97. The first kappa shape index (κ1) is 11.0. The third kappa shape index (κ3) is 3.00. The minimum Gasteiger partial charge on any atom is -0.486 e. The first-order chi connectivity index (χ1) is 6.61. The van der Waals surface area contributed by atoms with Crippen molar-refractivity contribution in [2.24, 2.45) is 5.73 Å². The highest BCUT2D eigenvalue weighted by atomic mass is 32.1. The third-order valence-corrected chi connectivity index (χ3v) is 2.03. The number of hydrogen-bond donors (Lipinski definition) is 1. The van der Waals surface area contributed by atoms with Crippen molar-refractivity contribution in [1.82, 2.24) is 0 Å². The van der Waals surface area contributed by atoms with Crippen molar-refractivity contribution in [3.8, 4) is 5.75 Å². The van der Waals surface area contributed by atoms with E-state index in [0.717, 1.165) is 5.75 Å². The van der Waals surface area contributed by atoms with Crippen LogP contribution < -0.4 is 10.5 Å². The summed E-state index contributed by atoms with van der Waals surface area (Å²) in [7, 11) is 0. The van der Waals surface area contributed by atoms with E-state index in [4.69, 9.17) is 22.7 Å². The summed E-state index contributed by atoms with van der Waals surface area (Å²) in [5, 5.41) is 0. The van der Waals surface area contributed by atoms with Gasteiger partial charge < -0.3 is 10.5 Å². The maximum absolute atomic E-state index is 5.49. The number of hydrogen-bond acceptors (Lipinski definition) is 2. The molecule has 0 amide bonds. The maximum atomic E-state index is 5.49. The molecule has 1 aromatic rings. The molecule has 0 radical (unpaired) electrons. The van der Waals surface area contributed by atoms with Crippen LogP contribution in [-0.2, 0) is 0 Å². The number of benzene rings is 1. The van der Waals surface area contributed by atoms with Crippen molar-refractivity contribution in [1.29, 1.82) is 0 Å². The summed E-state index contributed by atoms with van der Waals surface area (Å²) < 4.78 is 5.49. The summed E-state index contributed by atoms with van der Waals surface area (Å²) >= 11 is 4.76. The van der Waals surface area contributed by atoms with Gasteiger partial charge in [-0.2, -0.15) is 0 Å². The van der Waals surface area contributed by atoms with Gasteiger partial charge in [0.25, 0.3) is 0 Å². The third-order valence-electron chi connectivity index (χ3n) is 1.91. The van der Waals surface area contributed by atoms with Gasteiger partial charge in [0.1, 0.15) is 17.3 Å². The van der Waals surface area contributed by atoms with Gasteiger partial charge in [-0.15, -0.1) is 0 Å². The topological polar surface area (TPSA) is 35.2 Å². The molecule has 0 aliphatic heterocycles. The highest BCUT2D eigenvalue weighted by molar-refractivity contribution is 7.80. The number of nitrogens with two attached hydrogens (primary N) is 1. The number of thiocarbonyl (C=S) groups is 1. The first-order valence-corrected chi connectivity index (χ1v) is 5.02. The number of para-hydroxylation sites is 1. The fourth-order valence-electron chi connectivity index (χ4n) is 1.24. The summed E-state index contributed by atoms with van der Waals surface area (Å²) in [5.74, 6) is 1.31. The van der Waals surface area contributed by atoms with Crippen molar-refractivity contribution in [2.75, 3.05) is 6.61 Å². The molecule has 2 N–H and O–H groups in total. The molecule has 0 saturated carbocycles.